The molecule has 0 spiro atoms. The van der Waals surface area contributed by atoms with Crippen LogP contribution in [-0.2, 0) is 9.47 Å². The van der Waals surface area contributed by atoms with Crippen molar-refractivity contribution in [3.63, 3.8) is 0 Å². The zero-order chi connectivity index (χ0) is 12.3. The van der Waals surface area contributed by atoms with Crippen LogP contribution in [0.5, 0.6) is 0 Å². The number of benzene rings is 1. The van der Waals surface area contributed by atoms with Gasteiger partial charge in [-0.25, -0.2) is 4.79 Å². The predicted molar refractivity (Wildman–Crippen MR) is 66.8 cm³/mol. The van der Waals surface area contributed by atoms with Crippen molar-refractivity contribution in [3.05, 3.63) is 34.3 Å². The Bertz CT molecular complexity index is 393. The molecular formula is C12H14BrNO3. The van der Waals surface area contributed by atoms with Gasteiger partial charge in [0.25, 0.3) is 0 Å². The Morgan fingerprint density at radius 2 is 2.18 bits per heavy atom. The normalized spacial score (nSPS) is 20.1. The number of morpholine rings is 1. The van der Waals surface area contributed by atoms with Crippen molar-refractivity contribution in [2.75, 3.05) is 26.8 Å². The Hall–Kier alpha value is -1.07. The van der Waals surface area contributed by atoms with E-state index in [2.05, 4.69) is 15.9 Å². The van der Waals surface area contributed by atoms with Gasteiger partial charge in [-0.1, -0.05) is 28.1 Å². The van der Waals surface area contributed by atoms with Gasteiger partial charge in [-0.05, 0) is 17.7 Å². The number of amides is 1. The lowest BCUT2D eigenvalue weighted by Crippen LogP contribution is -2.42. The molecule has 1 aliphatic heterocycles. The average molecular weight is 300 g/mol. The third-order valence-electron chi connectivity index (χ3n) is 2.74. The summed E-state index contributed by atoms with van der Waals surface area (Å²) < 4.78 is 11.4. The minimum absolute atomic E-state index is 0.0732. The van der Waals surface area contributed by atoms with E-state index in [1.54, 1.807) is 4.90 Å². The molecule has 0 unspecified atom stereocenters. The summed E-state index contributed by atoms with van der Waals surface area (Å²) in [7, 11) is 1.40. The molecular weight excluding hydrogens is 286 g/mol. The molecule has 2 rings (SSSR count). The Balaban J connectivity index is 2.06. The number of hydrogen-bond acceptors (Lipinski definition) is 3. The summed E-state index contributed by atoms with van der Waals surface area (Å²) in [5.41, 5.74) is 1.07. The largest absolute Gasteiger partial charge is 0.453 e. The van der Waals surface area contributed by atoms with Gasteiger partial charge < -0.3 is 14.4 Å². The second-order valence-corrected chi connectivity index (χ2v) is 4.74. The molecule has 0 saturated carbocycles. The van der Waals surface area contributed by atoms with Gasteiger partial charge in [0.2, 0.25) is 0 Å². The molecule has 1 saturated heterocycles. The lowest BCUT2D eigenvalue weighted by molar-refractivity contribution is -0.0258. The molecule has 1 fully saturated rings. The molecule has 4 nitrogen and oxygen atoms in total. The highest BCUT2D eigenvalue weighted by molar-refractivity contribution is 9.10. The number of rotatable bonds is 1. The third-order valence-corrected chi connectivity index (χ3v) is 3.27. The second kappa shape index (κ2) is 5.51. The lowest BCUT2D eigenvalue weighted by Gasteiger charge is -2.32. The molecule has 1 atom stereocenters. The molecule has 17 heavy (non-hydrogen) atoms. The van der Waals surface area contributed by atoms with Gasteiger partial charge in [-0.3, -0.25) is 0 Å². The minimum atomic E-state index is -0.296. The Labute approximate surface area is 109 Å². The van der Waals surface area contributed by atoms with Crippen LogP contribution in [0.25, 0.3) is 0 Å². The van der Waals surface area contributed by atoms with Crippen LogP contribution in [0.3, 0.4) is 0 Å². The van der Waals surface area contributed by atoms with E-state index in [4.69, 9.17) is 9.47 Å². The summed E-state index contributed by atoms with van der Waals surface area (Å²) in [6, 6.07) is 7.93. The molecule has 0 aromatic heterocycles. The Kier molecular flexibility index (Phi) is 4.02. The molecule has 0 bridgehead atoms. The maximum atomic E-state index is 11.4. The van der Waals surface area contributed by atoms with Gasteiger partial charge in [-0.15, -0.1) is 0 Å². The van der Waals surface area contributed by atoms with E-state index in [0.717, 1.165) is 10.0 Å². The molecule has 0 aliphatic carbocycles. The highest BCUT2D eigenvalue weighted by atomic mass is 79.9. The van der Waals surface area contributed by atoms with Gasteiger partial charge in [0.05, 0.1) is 20.3 Å². The Morgan fingerprint density at radius 1 is 1.47 bits per heavy atom. The summed E-state index contributed by atoms with van der Waals surface area (Å²) >= 11 is 3.39. The van der Waals surface area contributed by atoms with Crippen molar-refractivity contribution in [1.29, 1.82) is 0 Å². The molecule has 1 amide bonds. The molecule has 1 aliphatic rings. The SMILES string of the molecule is COC(=O)N1CCO[C@H](c2ccc(Br)cc2)C1. The number of carbonyl (C=O) groups is 1. The molecule has 1 heterocycles. The molecule has 0 radical (unpaired) electrons. The van der Waals surface area contributed by atoms with Crippen LogP contribution >= 0.6 is 15.9 Å². The Morgan fingerprint density at radius 3 is 2.82 bits per heavy atom. The smallest absolute Gasteiger partial charge is 0.409 e. The first-order chi connectivity index (χ1) is 8.20. The summed E-state index contributed by atoms with van der Waals surface area (Å²) in [6.07, 6.45) is -0.369. The number of halogens is 1. The van der Waals surface area contributed by atoms with E-state index < -0.39 is 0 Å². The predicted octanol–water partition coefficient (Wildman–Crippen LogP) is 2.59. The standard InChI is InChI=1S/C12H14BrNO3/c1-16-12(15)14-6-7-17-11(8-14)9-2-4-10(13)5-3-9/h2-5,11H,6-8H2,1H3/t11-/m0/s1. The summed E-state index contributed by atoms with van der Waals surface area (Å²) in [5, 5.41) is 0. The number of methoxy groups -OCH3 is 1. The monoisotopic (exact) mass is 299 g/mol. The number of hydrogen-bond donors (Lipinski definition) is 0. The van der Waals surface area contributed by atoms with Crippen LogP contribution in [-0.4, -0.2) is 37.8 Å². The van der Waals surface area contributed by atoms with E-state index >= 15 is 0 Å². The van der Waals surface area contributed by atoms with Crippen molar-refractivity contribution < 1.29 is 14.3 Å². The summed E-state index contributed by atoms with van der Waals surface area (Å²) in [6.45, 7) is 1.66. The van der Waals surface area contributed by atoms with E-state index in [9.17, 15) is 4.79 Å². The first-order valence-corrected chi connectivity index (χ1v) is 6.20. The van der Waals surface area contributed by atoms with Crippen LogP contribution in [0.2, 0.25) is 0 Å². The van der Waals surface area contributed by atoms with Gasteiger partial charge >= 0.3 is 6.09 Å². The second-order valence-electron chi connectivity index (χ2n) is 3.83. The zero-order valence-corrected chi connectivity index (χ0v) is 11.1. The topological polar surface area (TPSA) is 38.8 Å². The van der Waals surface area contributed by atoms with Crippen molar-refractivity contribution in [1.82, 2.24) is 4.90 Å². The van der Waals surface area contributed by atoms with Gasteiger partial charge in [0, 0.05) is 11.0 Å². The maximum Gasteiger partial charge on any atom is 0.409 e. The van der Waals surface area contributed by atoms with Gasteiger partial charge in [-0.2, -0.15) is 0 Å². The van der Waals surface area contributed by atoms with E-state index in [-0.39, 0.29) is 12.2 Å². The summed E-state index contributed by atoms with van der Waals surface area (Å²) in [4.78, 5) is 13.1. The van der Waals surface area contributed by atoms with E-state index in [1.807, 2.05) is 24.3 Å². The van der Waals surface area contributed by atoms with Crippen molar-refractivity contribution in [3.8, 4) is 0 Å². The van der Waals surface area contributed by atoms with Crippen LogP contribution in [0, 0.1) is 0 Å². The highest BCUT2D eigenvalue weighted by Crippen LogP contribution is 2.23. The lowest BCUT2D eigenvalue weighted by atomic mass is 10.1. The number of nitrogens with zero attached hydrogens (tertiary/aromatic N) is 1. The quantitative estimate of drug-likeness (QED) is 0.800. The van der Waals surface area contributed by atoms with E-state index in [0.29, 0.717) is 19.7 Å². The first-order valence-electron chi connectivity index (χ1n) is 5.40. The highest BCUT2D eigenvalue weighted by Gasteiger charge is 2.25. The van der Waals surface area contributed by atoms with Gasteiger partial charge in [0.15, 0.2) is 0 Å². The zero-order valence-electron chi connectivity index (χ0n) is 9.56. The fourth-order valence-electron chi connectivity index (χ4n) is 1.82. The number of carbonyl (C=O) groups excluding carboxylic acids is 1. The van der Waals surface area contributed by atoms with Crippen molar-refractivity contribution in [2.24, 2.45) is 0 Å². The van der Waals surface area contributed by atoms with Gasteiger partial charge in [0.1, 0.15) is 6.10 Å². The first kappa shape index (κ1) is 12.4. The molecule has 92 valence electrons. The maximum absolute atomic E-state index is 11.4. The van der Waals surface area contributed by atoms with Crippen LogP contribution in [0.4, 0.5) is 4.79 Å². The average Bonchev–Trinajstić information content (AvgIpc) is 2.39. The van der Waals surface area contributed by atoms with Crippen molar-refractivity contribution in [2.45, 2.75) is 6.10 Å². The van der Waals surface area contributed by atoms with Crippen molar-refractivity contribution >= 4 is 22.0 Å². The van der Waals surface area contributed by atoms with E-state index in [1.165, 1.54) is 7.11 Å². The minimum Gasteiger partial charge on any atom is -0.453 e. The summed E-state index contributed by atoms with van der Waals surface area (Å²) in [5.74, 6) is 0. The molecule has 5 heteroatoms. The van der Waals surface area contributed by atoms with Crippen LogP contribution in [0.15, 0.2) is 28.7 Å². The fraction of sp³-hybridized carbons (Fsp3) is 0.417. The fourth-order valence-corrected chi connectivity index (χ4v) is 2.09. The third kappa shape index (κ3) is 2.98. The molecule has 1 aromatic rings. The number of ether oxygens (including phenoxy) is 2. The molecule has 0 N–H and O–H groups in total. The van der Waals surface area contributed by atoms with Crippen LogP contribution < -0.4 is 0 Å². The molecule has 1 aromatic carbocycles. The van der Waals surface area contributed by atoms with Crippen LogP contribution in [0.1, 0.15) is 11.7 Å².